The van der Waals surface area contributed by atoms with Crippen molar-refractivity contribution in [2.45, 2.75) is 32.3 Å². The molecule has 0 bridgehead atoms. The summed E-state index contributed by atoms with van der Waals surface area (Å²) in [7, 11) is 4.91. The molecule has 37 heavy (non-hydrogen) atoms. The maximum atomic E-state index is 9.85. The Bertz CT molecular complexity index is 1180. The SMILES string of the molecule is COc1cc(C2OC[C@@H]3[C@@H](c4cc(OC)c(OCc5ccccc5)c(OC)c4)OC[C@H]23)cc(CO)c1C. The van der Waals surface area contributed by atoms with Crippen molar-refractivity contribution in [1.82, 2.24) is 0 Å². The molecule has 5 rings (SSSR count). The summed E-state index contributed by atoms with van der Waals surface area (Å²) in [5.41, 5.74) is 4.82. The molecular formula is C30H34O7. The lowest BCUT2D eigenvalue weighted by Gasteiger charge is -2.21. The van der Waals surface area contributed by atoms with Gasteiger partial charge in [-0.15, -0.1) is 0 Å². The molecule has 0 amide bonds. The van der Waals surface area contributed by atoms with Crippen molar-refractivity contribution in [3.05, 3.63) is 82.4 Å². The minimum absolute atomic E-state index is 0.0474. The molecule has 0 radical (unpaired) electrons. The van der Waals surface area contributed by atoms with Crippen molar-refractivity contribution in [3.8, 4) is 23.0 Å². The van der Waals surface area contributed by atoms with E-state index < -0.39 is 0 Å². The summed E-state index contributed by atoms with van der Waals surface area (Å²) in [6.07, 6.45) is -0.294. The van der Waals surface area contributed by atoms with Crippen molar-refractivity contribution in [2.24, 2.45) is 11.8 Å². The van der Waals surface area contributed by atoms with Crippen LogP contribution in [0.2, 0.25) is 0 Å². The quantitative estimate of drug-likeness (QED) is 0.429. The summed E-state index contributed by atoms with van der Waals surface area (Å²) < 4.78 is 35.8. The zero-order valence-corrected chi connectivity index (χ0v) is 21.7. The molecule has 3 aromatic carbocycles. The molecule has 2 heterocycles. The monoisotopic (exact) mass is 506 g/mol. The first-order valence-corrected chi connectivity index (χ1v) is 12.5. The fraction of sp³-hybridized carbons (Fsp3) is 0.400. The molecule has 0 aliphatic carbocycles. The van der Waals surface area contributed by atoms with E-state index in [0.717, 1.165) is 33.6 Å². The minimum atomic E-state index is -0.161. The highest BCUT2D eigenvalue weighted by atomic mass is 16.5. The molecule has 2 aliphatic rings. The number of hydrogen-bond donors (Lipinski definition) is 1. The third kappa shape index (κ3) is 4.87. The molecule has 2 saturated heterocycles. The molecule has 196 valence electrons. The van der Waals surface area contributed by atoms with Crippen LogP contribution in [0.5, 0.6) is 23.0 Å². The molecular weight excluding hydrogens is 472 g/mol. The number of benzene rings is 3. The van der Waals surface area contributed by atoms with Crippen molar-refractivity contribution in [3.63, 3.8) is 0 Å². The predicted molar refractivity (Wildman–Crippen MR) is 138 cm³/mol. The molecule has 0 aromatic heterocycles. The summed E-state index contributed by atoms with van der Waals surface area (Å²) >= 11 is 0. The van der Waals surface area contributed by atoms with Gasteiger partial charge in [0.15, 0.2) is 11.5 Å². The third-order valence-electron chi connectivity index (χ3n) is 7.51. The molecule has 0 spiro atoms. The molecule has 1 N–H and O–H groups in total. The Kier molecular flexibility index (Phi) is 7.55. The molecule has 1 unspecified atom stereocenters. The van der Waals surface area contributed by atoms with Crippen LogP contribution in [0.1, 0.15) is 40.0 Å². The zero-order valence-electron chi connectivity index (χ0n) is 21.7. The summed E-state index contributed by atoms with van der Waals surface area (Å²) in [5.74, 6) is 2.86. The normalized spacial score (nSPS) is 22.5. The van der Waals surface area contributed by atoms with E-state index in [1.165, 1.54) is 0 Å². The number of hydrogen-bond acceptors (Lipinski definition) is 7. The lowest BCUT2D eigenvalue weighted by atomic mass is 9.84. The second-order valence-electron chi connectivity index (χ2n) is 9.53. The average molecular weight is 507 g/mol. The van der Waals surface area contributed by atoms with Gasteiger partial charge in [0.2, 0.25) is 5.75 Å². The molecule has 2 fully saturated rings. The van der Waals surface area contributed by atoms with Gasteiger partial charge >= 0.3 is 0 Å². The van der Waals surface area contributed by atoms with Crippen LogP contribution in [-0.2, 0) is 22.7 Å². The van der Waals surface area contributed by atoms with Gasteiger partial charge in [0.05, 0.1) is 53.4 Å². The summed E-state index contributed by atoms with van der Waals surface area (Å²) in [6, 6.07) is 18.0. The zero-order chi connectivity index (χ0) is 25.9. The number of rotatable bonds is 9. The smallest absolute Gasteiger partial charge is 0.203 e. The van der Waals surface area contributed by atoms with Crippen LogP contribution in [0.4, 0.5) is 0 Å². The van der Waals surface area contributed by atoms with Gasteiger partial charge in [-0.3, -0.25) is 0 Å². The number of methoxy groups -OCH3 is 3. The summed E-state index contributed by atoms with van der Waals surface area (Å²) in [5, 5.41) is 9.85. The van der Waals surface area contributed by atoms with Gasteiger partial charge in [0.1, 0.15) is 12.4 Å². The molecule has 3 aromatic rings. The van der Waals surface area contributed by atoms with E-state index in [-0.39, 0.29) is 30.7 Å². The standard InChI is InChI=1S/C30H34O7/c1-18-22(14-31)10-20(11-25(18)32-2)28-23-16-37-29(24(23)17-36-28)21-12-26(33-3)30(27(13-21)34-4)35-15-19-8-6-5-7-9-19/h5-13,23-24,28-29,31H,14-17H2,1-4H3/t23-,24-,28?,29+/m0/s1. The first-order chi connectivity index (χ1) is 18.1. The van der Waals surface area contributed by atoms with Crippen molar-refractivity contribution in [1.29, 1.82) is 0 Å². The van der Waals surface area contributed by atoms with Gasteiger partial charge in [0.25, 0.3) is 0 Å². The lowest BCUT2D eigenvalue weighted by molar-refractivity contribution is 0.0190. The molecule has 0 saturated carbocycles. The lowest BCUT2D eigenvalue weighted by Crippen LogP contribution is -2.15. The van der Waals surface area contributed by atoms with E-state index >= 15 is 0 Å². The largest absolute Gasteiger partial charge is 0.496 e. The Morgan fingerprint density at radius 1 is 0.784 bits per heavy atom. The fourth-order valence-electron chi connectivity index (χ4n) is 5.48. The predicted octanol–water partition coefficient (Wildman–Crippen LogP) is 5.17. The summed E-state index contributed by atoms with van der Waals surface area (Å²) in [4.78, 5) is 0. The van der Waals surface area contributed by atoms with Crippen molar-refractivity contribution >= 4 is 0 Å². The van der Waals surface area contributed by atoms with Crippen molar-refractivity contribution in [2.75, 3.05) is 34.5 Å². The number of ether oxygens (including phenoxy) is 6. The van der Waals surface area contributed by atoms with E-state index in [1.807, 2.05) is 61.5 Å². The van der Waals surface area contributed by atoms with Gasteiger partial charge in [-0.1, -0.05) is 36.4 Å². The Morgan fingerprint density at radius 3 is 1.86 bits per heavy atom. The molecule has 7 nitrogen and oxygen atoms in total. The maximum absolute atomic E-state index is 9.85. The Hall–Kier alpha value is -3.26. The van der Waals surface area contributed by atoms with Crippen LogP contribution < -0.4 is 18.9 Å². The van der Waals surface area contributed by atoms with Crippen LogP contribution >= 0.6 is 0 Å². The second-order valence-corrected chi connectivity index (χ2v) is 9.53. The maximum Gasteiger partial charge on any atom is 0.203 e. The highest BCUT2D eigenvalue weighted by Gasteiger charge is 2.48. The fourth-order valence-corrected chi connectivity index (χ4v) is 5.48. The van der Waals surface area contributed by atoms with Crippen LogP contribution in [0.3, 0.4) is 0 Å². The Labute approximate surface area is 217 Å². The highest BCUT2D eigenvalue weighted by Crippen LogP contribution is 2.52. The van der Waals surface area contributed by atoms with Crippen LogP contribution in [0.15, 0.2) is 54.6 Å². The molecule has 7 heteroatoms. The first kappa shape index (κ1) is 25.4. The van der Waals surface area contributed by atoms with E-state index in [0.29, 0.717) is 37.1 Å². The average Bonchev–Trinajstić information content (AvgIpc) is 3.55. The van der Waals surface area contributed by atoms with E-state index in [1.54, 1.807) is 21.3 Å². The second kappa shape index (κ2) is 11.0. The minimum Gasteiger partial charge on any atom is -0.496 e. The molecule has 4 atom stereocenters. The van der Waals surface area contributed by atoms with Gasteiger partial charge in [-0.25, -0.2) is 0 Å². The van der Waals surface area contributed by atoms with E-state index in [4.69, 9.17) is 28.4 Å². The number of fused-ring (bicyclic) bond motifs is 1. The summed E-state index contributed by atoms with van der Waals surface area (Å²) in [6.45, 7) is 3.45. The van der Waals surface area contributed by atoms with Crippen LogP contribution in [-0.4, -0.2) is 39.6 Å². The Balaban J connectivity index is 1.39. The number of aliphatic hydroxyl groups is 1. The van der Waals surface area contributed by atoms with E-state index in [9.17, 15) is 5.11 Å². The Morgan fingerprint density at radius 2 is 1.32 bits per heavy atom. The van der Waals surface area contributed by atoms with Gasteiger partial charge < -0.3 is 33.5 Å². The van der Waals surface area contributed by atoms with E-state index in [2.05, 4.69) is 0 Å². The topological polar surface area (TPSA) is 75.6 Å². The van der Waals surface area contributed by atoms with Crippen LogP contribution in [0.25, 0.3) is 0 Å². The van der Waals surface area contributed by atoms with Gasteiger partial charge in [-0.2, -0.15) is 0 Å². The highest BCUT2D eigenvalue weighted by molar-refractivity contribution is 5.54. The molecule has 2 aliphatic heterocycles. The third-order valence-corrected chi connectivity index (χ3v) is 7.51. The number of aliphatic hydroxyl groups excluding tert-OH is 1. The van der Waals surface area contributed by atoms with Gasteiger partial charge in [-0.05, 0) is 52.9 Å². The van der Waals surface area contributed by atoms with Crippen molar-refractivity contribution < 1.29 is 33.5 Å². The van der Waals surface area contributed by atoms with Crippen LogP contribution in [0, 0.1) is 18.8 Å². The van der Waals surface area contributed by atoms with Gasteiger partial charge in [0, 0.05) is 11.8 Å². The first-order valence-electron chi connectivity index (χ1n) is 12.5.